The third-order valence-electron chi connectivity index (χ3n) is 4.62. The molecule has 0 spiro atoms. The Morgan fingerprint density at radius 1 is 1.18 bits per heavy atom. The van der Waals surface area contributed by atoms with Gasteiger partial charge in [-0.1, -0.05) is 43.3 Å². The Labute approximate surface area is 131 Å². The molecule has 0 fully saturated rings. The summed E-state index contributed by atoms with van der Waals surface area (Å²) in [6.45, 7) is 6.16. The lowest BCUT2D eigenvalue weighted by Crippen LogP contribution is -2.14. The lowest BCUT2D eigenvalue weighted by molar-refractivity contribution is -0.117. The molecule has 0 aromatic heterocycles. The van der Waals surface area contributed by atoms with E-state index in [1.54, 1.807) is 0 Å². The largest absolute Gasteiger partial charge is 0.325 e. The predicted molar refractivity (Wildman–Crippen MR) is 90.1 cm³/mol. The van der Waals surface area contributed by atoms with Crippen molar-refractivity contribution in [3.63, 3.8) is 0 Å². The van der Waals surface area contributed by atoms with Gasteiger partial charge in [-0.15, -0.1) is 0 Å². The Bertz CT molecular complexity index is 736. The van der Waals surface area contributed by atoms with E-state index in [1.165, 1.54) is 5.56 Å². The van der Waals surface area contributed by atoms with Gasteiger partial charge in [-0.05, 0) is 48.1 Å². The SMILES string of the molecule is CCC1C(=O)Nc2c(C)cc(C(N)c3ccccc3C)cc21. The van der Waals surface area contributed by atoms with Gasteiger partial charge in [-0.25, -0.2) is 0 Å². The number of rotatable bonds is 3. The fraction of sp³-hybridized carbons (Fsp3) is 0.316. The van der Waals surface area contributed by atoms with Crippen LogP contribution in [0.15, 0.2) is 36.4 Å². The topological polar surface area (TPSA) is 55.1 Å². The van der Waals surface area contributed by atoms with Gasteiger partial charge < -0.3 is 11.1 Å². The van der Waals surface area contributed by atoms with E-state index in [1.807, 2.05) is 26.0 Å². The number of fused-ring (bicyclic) bond motifs is 1. The van der Waals surface area contributed by atoms with Crippen molar-refractivity contribution in [1.82, 2.24) is 0 Å². The molecule has 3 N–H and O–H groups in total. The van der Waals surface area contributed by atoms with Crippen molar-refractivity contribution in [3.05, 3.63) is 64.2 Å². The van der Waals surface area contributed by atoms with Gasteiger partial charge in [0.1, 0.15) is 0 Å². The molecule has 0 radical (unpaired) electrons. The minimum atomic E-state index is -0.168. The summed E-state index contributed by atoms with van der Waals surface area (Å²) < 4.78 is 0. The molecule has 2 unspecified atom stereocenters. The lowest BCUT2D eigenvalue weighted by Gasteiger charge is -2.18. The molecule has 2 atom stereocenters. The van der Waals surface area contributed by atoms with E-state index >= 15 is 0 Å². The van der Waals surface area contributed by atoms with Gasteiger partial charge in [0, 0.05) is 5.69 Å². The van der Waals surface area contributed by atoms with Crippen LogP contribution in [0.3, 0.4) is 0 Å². The summed E-state index contributed by atoms with van der Waals surface area (Å²) in [7, 11) is 0. The van der Waals surface area contributed by atoms with E-state index < -0.39 is 0 Å². The molecule has 2 aromatic carbocycles. The number of benzene rings is 2. The average molecular weight is 294 g/mol. The highest BCUT2D eigenvalue weighted by atomic mass is 16.2. The van der Waals surface area contributed by atoms with Crippen LogP contribution < -0.4 is 11.1 Å². The van der Waals surface area contributed by atoms with Crippen LogP contribution in [0.1, 0.15) is 53.1 Å². The van der Waals surface area contributed by atoms with Crippen molar-refractivity contribution in [2.45, 2.75) is 39.2 Å². The van der Waals surface area contributed by atoms with Crippen LogP contribution in [0.2, 0.25) is 0 Å². The fourth-order valence-electron chi connectivity index (χ4n) is 3.34. The van der Waals surface area contributed by atoms with Crippen molar-refractivity contribution >= 4 is 11.6 Å². The normalized spacial score (nSPS) is 18.0. The standard InChI is InChI=1S/C19H22N2O/c1-4-14-16-10-13(9-12(3)18(16)21-19(14)22)17(20)15-8-6-5-7-11(15)2/h5-10,14,17H,4,20H2,1-3H3,(H,21,22). The summed E-state index contributed by atoms with van der Waals surface area (Å²) in [5.41, 5.74) is 13.0. The smallest absolute Gasteiger partial charge is 0.232 e. The number of hydrogen-bond donors (Lipinski definition) is 2. The maximum atomic E-state index is 12.1. The lowest BCUT2D eigenvalue weighted by atomic mass is 9.89. The van der Waals surface area contributed by atoms with Crippen molar-refractivity contribution in [2.75, 3.05) is 5.32 Å². The van der Waals surface area contributed by atoms with E-state index in [4.69, 9.17) is 5.73 Å². The van der Waals surface area contributed by atoms with Crippen LogP contribution in [0.25, 0.3) is 0 Å². The molecular formula is C19H22N2O. The zero-order valence-electron chi connectivity index (χ0n) is 13.3. The van der Waals surface area contributed by atoms with Crippen LogP contribution in [0, 0.1) is 13.8 Å². The summed E-state index contributed by atoms with van der Waals surface area (Å²) in [6, 6.07) is 12.2. The number of hydrogen-bond acceptors (Lipinski definition) is 2. The maximum Gasteiger partial charge on any atom is 0.232 e. The Morgan fingerprint density at radius 2 is 1.91 bits per heavy atom. The molecule has 114 valence electrons. The highest BCUT2D eigenvalue weighted by Crippen LogP contribution is 2.39. The number of amides is 1. The van der Waals surface area contributed by atoms with Gasteiger partial charge in [0.05, 0.1) is 12.0 Å². The van der Waals surface area contributed by atoms with Crippen LogP contribution in [0.4, 0.5) is 5.69 Å². The summed E-state index contributed by atoms with van der Waals surface area (Å²) in [5.74, 6) is 0.0416. The highest BCUT2D eigenvalue weighted by Gasteiger charge is 2.31. The van der Waals surface area contributed by atoms with Gasteiger partial charge in [-0.3, -0.25) is 4.79 Å². The number of carbonyl (C=O) groups is 1. The van der Waals surface area contributed by atoms with Crippen LogP contribution >= 0.6 is 0 Å². The summed E-state index contributed by atoms with van der Waals surface area (Å²) in [5, 5.41) is 3.00. The molecule has 0 bridgehead atoms. The molecule has 2 aromatic rings. The third kappa shape index (κ3) is 2.32. The molecule has 3 heteroatoms. The van der Waals surface area contributed by atoms with Crippen molar-refractivity contribution in [3.8, 4) is 0 Å². The number of nitrogens with one attached hydrogen (secondary N) is 1. The van der Waals surface area contributed by atoms with Gasteiger partial charge in [-0.2, -0.15) is 0 Å². The molecule has 1 aliphatic rings. The Morgan fingerprint density at radius 3 is 2.59 bits per heavy atom. The van der Waals surface area contributed by atoms with Crippen LogP contribution in [0.5, 0.6) is 0 Å². The Balaban J connectivity index is 2.07. The second kappa shape index (κ2) is 5.58. The molecular weight excluding hydrogens is 272 g/mol. The highest BCUT2D eigenvalue weighted by molar-refractivity contribution is 6.03. The van der Waals surface area contributed by atoms with Crippen LogP contribution in [-0.2, 0) is 4.79 Å². The maximum absolute atomic E-state index is 12.1. The van der Waals surface area contributed by atoms with Gasteiger partial charge in [0.25, 0.3) is 0 Å². The molecule has 0 saturated heterocycles. The minimum Gasteiger partial charge on any atom is -0.325 e. The van der Waals surface area contributed by atoms with E-state index in [0.717, 1.165) is 34.4 Å². The fourth-order valence-corrected chi connectivity index (χ4v) is 3.34. The first-order valence-corrected chi connectivity index (χ1v) is 7.79. The summed E-state index contributed by atoms with van der Waals surface area (Å²) in [6.07, 6.45) is 0.807. The van der Waals surface area contributed by atoms with Gasteiger partial charge in [0.15, 0.2) is 0 Å². The van der Waals surface area contributed by atoms with Crippen LogP contribution in [-0.4, -0.2) is 5.91 Å². The number of nitrogens with two attached hydrogens (primary N) is 1. The average Bonchev–Trinajstić information content (AvgIpc) is 2.83. The van der Waals surface area contributed by atoms with Gasteiger partial charge in [0.2, 0.25) is 5.91 Å². The second-order valence-corrected chi connectivity index (χ2v) is 6.09. The summed E-state index contributed by atoms with van der Waals surface area (Å²) in [4.78, 5) is 12.1. The van der Waals surface area contributed by atoms with Crippen molar-refractivity contribution < 1.29 is 4.79 Å². The van der Waals surface area contributed by atoms with E-state index in [0.29, 0.717) is 0 Å². The molecule has 1 heterocycles. The first-order chi connectivity index (χ1) is 10.5. The Kier molecular flexibility index (Phi) is 3.75. The molecule has 3 nitrogen and oxygen atoms in total. The number of anilines is 1. The zero-order chi connectivity index (χ0) is 15.9. The van der Waals surface area contributed by atoms with E-state index in [2.05, 4.69) is 36.5 Å². The zero-order valence-corrected chi connectivity index (χ0v) is 13.3. The first kappa shape index (κ1) is 14.8. The molecule has 0 aliphatic carbocycles. The first-order valence-electron chi connectivity index (χ1n) is 7.79. The monoisotopic (exact) mass is 294 g/mol. The quantitative estimate of drug-likeness (QED) is 0.904. The Hall–Kier alpha value is -2.13. The molecule has 0 saturated carbocycles. The van der Waals surface area contributed by atoms with Crippen molar-refractivity contribution in [1.29, 1.82) is 0 Å². The number of aryl methyl sites for hydroxylation is 2. The number of carbonyl (C=O) groups excluding carboxylic acids is 1. The van der Waals surface area contributed by atoms with E-state index in [9.17, 15) is 4.79 Å². The molecule has 1 amide bonds. The second-order valence-electron chi connectivity index (χ2n) is 6.09. The van der Waals surface area contributed by atoms with Gasteiger partial charge >= 0.3 is 0 Å². The van der Waals surface area contributed by atoms with Crippen molar-refractivity contribution in [2.24, 2.45) is 5.73 Å². The third-order valence-corrected chi connectivity index (χ3v) is 4.62. The molecule has 1 aliphatic heterocycles. The van der Waals surface area contributed by atoms with E-state index in [-0.39, 0.29) is 17.9 Å². The predicted octanol–water partition coefficient (Wildman–Crippen LogP) is 3.80. The molecule has 3 rings (SSSR count). The molecule has 22 heavy (non-hydrogen) atoms. The summed E-state index contributed by atoms with van der Waals surface area (Å²) >= 11 is 0. The minimum absolute atomic E-state index is 0.0577.